The summed E-state index contributed by atoms with van der Waals surface area (Å²) in [7, 11) is 4.21. The molecular formula is C24H26ClN3O. The highest BCUT2D eigenvalue weighted by molar-refractivity contribution is 6.36. The van der Waals surface area contributed by atoms with E-state index in [9.17, 15) is 4.79 Å². The fraction of sp³-hybridized carbons (Fsp3) is 0.375. The number of benzene rings is 2. The quantitative estimate of drug-likeness (QED) is 0.673. The molecule has 3 aromatic rings. The summed E-state index contributed by atoms with van der Waals surface area (Å²) in [6, 6.07) is 17.3. The van der Waals surface area contributed by atoms with Crippen LogP contribution in [-0.4, -0.2) is 40.5 Å². The van der Waals surface area contributed by atoms with Crippen LogP contribution in [-0.2, 0) is 7.05 Å². The van der Waals surface area contributed by atoms with Gasteiger partial charge in [0.2, 0.25) is 0 Å². The lowest BCUT2D eigenvalue weighted by molar-refractivity contribution is 0.0884. The molecule has 1 amide bonds. The van der Waals surface area contributed by atoms with Gasteiger partial charge in [-0.25, -0.2) is 0 Å². The zero-order valence-corrected chi connectivity index (χ0v) is 17.6. The zero-order chi connectivity index (χ0) is 20.1. The van der Waals surface area contributed by atoms with Gasteiger partial charge in [0.25, 0.3) is 5.91 Å². The number of amides is 1. The van der Waals surface area contributed by atoms with Crippen molar-refractivity contribution in [3.8, 4) is 11.3 Å². The van der Waals surface area contributed by atoms with Gasteiger partial charge in [-0.2, -0.15) is 0 Å². The molecule has 150 valence electrons. The normalized spacial score (nSPS) is 24.2. The summed E-state index contributed by atoms with van der Waals surface area (Å²) in [5.41, 5.74) is 3.57. The van der Waals surface area contributed by atoms with Crippen molar-refractivity contribution < 1.29 is 4.79 Å². The molecule has 2 saturated heterocycles. The average molecular weight is 408 g/mol. The Morgan fingerprint density at radius 2 is 1.69 bits per heavy atom. The lowest BCUT2D eigenvalue weighted by Gasteiger charge is -2.36. The van der Waals surface area contributed by atoms with Crippen LogP contribution in [0.2, 0.25) is 5.02 Å². The highest BCUT2D eigenvalue weighted by Crippen LogP contribution is 2.38. The smallest absolute Gasteiger partial charge is 0.254 e. The number of carbonyl (C=O) groups is 1. The van der Waals surface area contributed by atoms with E-state index in [1.807, 2.05) is 43.4 Å². The molecule has 1 unspecified atom stereocenters. The van der Waals surface area contributed by atoms with E-state index in [1.165, 1.54) is 12.8 Å². The molecule has 1 N–H and O–H groups in total. The second kappa shape index (κ2) is 7.19. The Morgan fingerprint density at radius 3 is 2.38 bits per heavy atom. The third-order valence-corrected chi connectivity index (χ3v) is 7.18. The van der Waals surface area contributed by atoms with Gasteiger partial charge in [0, 0.05) is 30.6 Å². The Bertz CT molecular complexity index is 1060. The summed E-state index contributed by atoms with van der Waals surface area (Å²) in [6.45, 7) is 0. The highest BCUT2D eigenvalue weighted by atomic mass is 35.5. The third-order valence-electron chi connectivity index (χ3n) is 6.87. The predicted molar refractivity (Wildman–Crippen MR) is 118 cm³/mol. The van der Waals surface area contributed by atoms with Crippen LogP contribution in [0.3, 0.4) is 0 Å². The number of para-hydroxylation sites is 1. The molecule has 2 fully saturated rings. The van der Waals surface area contributed by atoms with Gasteiger partial charge in [0.15, 0.2) is 0 Å². The molecule has 3 heterocycles. The number of fused-ring (bicyclic) bond motifs is 3. The Kier molecular flexibility index (Phi) is 4.64. The Morgan fingerprint density at radius 1 is 1.00 bits per heavy atom. The number of piperidine rings is 1. The molecule has 5 heteroatoms. The minimum Gasteiger partial charge on any atom is -0.349 e. The van der Waals surface area contributed by atoms with Gasteiger partial charge in [0.05, 0.1) is 21.8 Å². The summed E-state index contributed by atoms with van der Waals surface area (Å²) in [4.78, 5) is 16.1. The first kappa shape index (κ1) is 18.7. The molecule has 0 radical (unpaired) electrons. The maximum atomic E-state index is 13.6. The largest absolute Gasteiger partial charge is 0.349 e. The second-order valence-electron chi connectivity index (χ2n) is 8.48. The van der Waals surface area contributed by atoms with Crippen molar-refractivity contribution in [1.29, 1.82) is 0 Å². The average Bonchev–Trinajstić information content (AvgIpc) is 3.11. The molecular weight excluding hydrogens is 382 g/mol. The van der Waals surface area contributed by atoms with Crippen molar-refractivity contribution in [1.82, 2.24) is 14.8 Å². The maximum Gasteiger partial charge on any atom is 0.254 e. The summed E-state index contributed by atoms with van der Waals surface area (Å²) in [5.74, 6) is 0.00525. The Hall–Kier alpha value is -2.30. The van der Waals surface area contributed by atoms with Crippen LogP contribution in [0, 0.1) is 0 Å². The number of nitrogens with zero attached hydrogens (tertiary/aromatic N) is 2. The fourth-order valence-corrected chi connectivity index (χ4v) is 5.72. The van der Waals surface area contributed by atoms with E-state index in [1.54, 1.807) is 0 Å². The van der Waals surface area contributed by atoms with E-state index < -0.39 is 0 Å². The van der Waals surface area contributed by atoms with E-state index in [2.05, 4.69) is 34.0 Å². The van der Waals surface area contributed by atoms with Crippen LogP contribution in [0.1, 0.15) is 36.0 Å². The lowest BCUT2D eigenvalue weighted by atomic mass is 9.97. The van der Waals surface area contributed by atoms with E-state index in [0.29, 0.717) is 17.1 Å². The van der Waals surface area contributed by atoms with Gasteiger partial charge in [-0.1, -0.05) is 54.1 Å². The van der Waals surface area contributed by atoms with Crippen molar-refractivity contribution in [3.05, 3.63) is 59.1 Å². The number of hydrogen-bond acceptors (Lipinski definition) is 2. The standard InChI is InChI=1S/C24H26ClN3O/c1-27-17-11-12-18(27)14-16(13-17)26-24(29)21-19-9-6-10-20(25)23(19)28(2)22(21)15-7-4-3-5-8-15/h3-10,16-18H,11-14H2,1-2H3,(H,26,29)/t16?,17-,18+. The Balaban J connectivity index is 1.57. The van der Waals surface area contributed by atoms with Crippen LogP contribution < -0.4 is 5.32 Å². The first-order valence-corrected chi connectivity index (χ1v) is 10.8. The molecule has 0 aliphatic carbocycles. The molecule has 29 heavy (non-hydrogen) atoms. The monoisotopic (exact) mass is 407 g/mol. The highest BCUT2D eigenvalue weighted by Gasteiger charge is 2.39. The molecule has 1 aromatic heterocycles. The number of rotatable bonds is 3. The van der Waals surface area contributed by atoms with Crippen molar-refractivity contribution >= 4 is 28.4 Å². The first-order chi connectivity index (χ1) is 14.0. The van der Waals surface area contributed by atoms with Gasteiger partial charge >= 0.3 is 0 Å². The number of nitrogens with one attached hydrogen (secondary N) is 1. The summed E-state index contributed by atoms with van der Waals surface area (Å²) >= 11 is 6.54. The summed E-state index contributed by atoms with van der Waals surface area (Å²) < 4.78 is 2.06. The van der Waals surface area contributed by atoms with E-state index in [-0.39, 0.29) is 11.9 Å². The molecule has 0 spiro atoms. The molecule has 2 aliphatic rings. The van der Waals surface area contributed by atoms with E-state index in [4.69, 9.17) is 11.6 Å². The van der Waals surface area contributed by atoms with Crippen molar-refractivity contribution in [2.75, 3.05) is 7.05 Å². The van der Waals surface area contributed by atoms with Gasteiger partial charge in [-0.05, 0) is 44.4 Å². The molecule has 2 aliphatic heterocycles. The summed E-state index contributed by atoms with van der Waals surface area (Å²) in [5, 5.41) is 4.94. The van der Waals surface area contributed by atoms with Gasteiger partial charge in [-0.3, -0.25) is 4.79 Å². The van der Waals surface area contributed by atoms with Crippen LogP contribution in [0.5, 0.6) is 0 Å². The lowest BCUT2D eigenvalue weighted by Crippen LogP contribution is -2.48. The number of aromatic nitrogens is 1. The number of aryl methyl sites for hydroxylation is 1. The number of halogens is 1. The minimum atomic E-state index is 0.00525. The van der Waals surface area contributed by atoms with E-state index in [0.717, 1.165) is 40.6 Å². The van der Waals surface area contributed by atoms with Crippen molar-refractivity contribution in [2.45, 2.75) is 43.8 Å². The van der Waals surface area contributed by atoms with Crippen molar-refractivity contribution in [3.63, 3.8) is 0 Å². The SMILES string of the molecule is CN1[C@@H]2CC[C@H]1CC(NC(=O)c1c(-c3ccccc3)n(C)c3c(Cl)cccc13)C2. The second-order valence-corrected chi connectivity index (χ2v) is 8.88. The van der Waals surface area contributed by atoms with Gasteiger partial charge in [0.1, 0.15) is 0 Å². The zero-order valence-electron chi connectivity index (χ0n) is 16.9. The molecule has 0 saturated carbocycles. The first-order valence-electron chi connectivity index (χ1n) is 10.4. The molecule has 2 aromatic carbocycles. The van der Waals surface area contributed by atoms with Crippen molar-refractivity contribution in [2.24, 2.45) is 7.05 Å². The third kappa shape index (κ3) is 3.06. The number of hydrogen-bond donors (Lipinski definition) is 1. The molecule has 5 rings (SSSR count). The van der Waals surface area contributed by atoms with E-state index >= 15 is 0 Å². The minimum absolute atomic E-state index is 0.00525. The van der Waals surface area contributed by atoms with Crippen LogP contribution in [0.25, 0.3) is 22.2 Å². The van der Waals surface area contributed by atoms with Crippen LogP contribution >= 0.6 is 11.6 Å². The molecule has 3 atom stereocenters. The summed E-state index contributed by atoms with van der Waals surface area (Å²) in [6.07, 6.45) is 4.55. The van der Waals surface area contributed by atoms with Gasteiger partial charge in [-0.15, -0.1) is 0 Å². The van der Waals surface area contributed by atoms with Crippen LogP contribution in [0.4, 0.5) is 0 Å². The Labute approximate surface area is 176 Å². The molecule has 2 bridgehead atoms. The number of carbonyl (C=O) groups excluding carboxylic acids is 1. The van der Waals surface area contributed by atoms with Gasteiger partial charge < -0.3 is 14.8 Å². The fourth-order valence-electron chi connectivity index (χ4n) is 5.42. The predicted octanol–water partition coefficient (Wildman–Crippen LogP) is 4.85. The molecule has 4 nitrogen and oxygen atoms in total. The topological polar surface area (TPSA) is 37.3 Å². The maximum absolute atomic E-state index is 13.6. The van der Waals surface area contributed by atoms with Crippen LogP contribution in [0.15, 0.2) is 48.5 Å².